The molecule has 0 aliphatic heterocycles. The van der Waals surface area contributed by atoms with Crippen molar-refractivity contribution in [3.63, 3.8) is 0 Å². The molecule has 0 unspecified atom stereocenters. The number of methoxy groups -OCH3 is 1. The zero-order chi connectivity index (χ0) is 20.1. The average Bonchev–Trinajstić information content (AvgIpc) is 3.23. The maximum absolute atomic E-state index is 12.5. The quantitative estimate of drug-likeness (QED) is 0.638. The Hall–Kier alpha value is -3.54. The predicted molar refractivity (Wildman–Crippen MR) is 105 cm³/mol. The highest BCUT2D eigenvalue weighted by atomic mass is 16.5. The number of hydrogen-bond acceptors (Lipinski definition) is 5. The molecule has 3 rings (SSSR count). The van der Waals surface area contributed by atoms with Crippen molar-refractivity contribution >= 4 is 17.6 Å². The SMILES string of the molecule is COc1ccc(C)cc1COC(=O)c1ccc(C)c(NC(=O)c2ccco2)c1. The van der Waals surface area contributed by atoms with Gasteiger partial charge in [-0.2, -0.15) is 0 Å². The molecule has 0 aliphatic carbocycles. The number of anilines is 1. The molecule has 0 fully saturated rings. The Bertz CT molecular complexity index is 992. The van der Waals surface area contributed by atoms with E-state index in [1.54, 1.807) is 37.4 Å². The molecule has 0 spiro atoms. The summed E-state index contributed by atoms with van der Waals surface area (Å²) in [5.74, 6) is -0.0206. The molecule has 0 saturated carbocycles. The normalized spacial score (nSPS) is 10.4. The first-order valence-electron chi connectivity index (χ1n) is 8.74. The number of esters is 1. The zero-order valence-electron chi connectivity index (χ0n) is 15.9. The zero-order valence-corrected chi connectivity index (χ0v) is 15.9. The number of hydrogen-bond donors (Lipinski definition) is 1. The van der Waals surface area contributed by atoms with Crippen molar-refractivity contribution < 1.29 is 23.5 Å². The van der Waals surface area contributed by atoms with Crippen LogP contribution < -0.4 is 10.1 Å². The van der Waals surface area contributed by atoms with Gasteiger partial charge in [0.15, 0.2) is 5.76 Å². The van der Waals surface area contributed by atoms with Gasteiger partial charge in [0.2, 0.25) is 0 Å². The standard InChI is InChI=1S/C22H21NO5/c1-14-6-9-19(26-3)17(11-14)13-28-22(25)16-8-7-15(2)18(12-16)23-21(24)20-5-4-10-27-20/h4-12H,13H2,1-3H3,(H,23,24). The summed E-state index contributed by atoms with van der Waals surface area (Å²) in [7, 11) is 1.57. The Kier molecular flexibility index (Phi) is 5.79. The lowest BCUT2D eigenvalue weighted by molar-refractivity contribution is 0.0470. The molecular formula is C22H21NO5. The molecule has 1 heterocycles. The van der Waals surface area contributed by atoms with Gasteiger partial charge < -0.3 is 19.2 Å². The van der Waals surface area contributed by atoms with Crippen molar-refractivity contribution in [1.29, 1.82) is 0 Å². The van der Waals surface area contributed by atoms with Crippen LogP contribution in [-0.2, 0) is 11.3 Å². The van der Waals surface area contributed by atoms with E-state index in [-0.39, 0.29) is 18.3 Å². The van der Waals surface area contributed by atoms with E-state index >= 15 is 0 Å². The number of carbonyl (C=O) groups excluding carboxylic acids is 2. The Balaban J connectivity index is 1.72. The van der Waals surface area contributed by atoms with Gasteiger partial charge in [-0.3, -0.25) is 4.79 Å². The second-order valence-corrected chi connectivity index (χ2v) is 6.35. The number of benzene rings is 2. The summed E-state index contributed by atoms with van der Waals surface area (Å²) in [4.78, 5) is 24.7. The number of aryl methyl sites for hydroxylation is 2. The van der Waals surface area contributed by atoms with E-state index in [2.05, 4.69) is 5.32 Å². The van der Waals surface area contributed by atoms with Gasteiger partial charge in [0, 0.05) is 11.3 Å². The minimum absolute atomic E-state index is 0.0889. The van der Waals surface area contributed by atoms with Gasteiger partial charge in [-0.1, -0.05) is 17.7 Å². The van der Waals surface area contributed by atoms with E-state index in [1.165, 1.54) is 6.26 Å². The van der Waals surface area contributed by atoms with Crippen LogP contribution in [0.25, 0.3) is 0 Å². The molecule has 1 amide bonds. The van der Waals surface area contributed by atoms with E-state index in [4.69, 9.17) is 13.9 Å². The van der Waals surface area contributed by atoms with Crippen molar-refractivity contribution in [2.24, 2.45) is 0 Å². The summed E-state index contributed by atoms with van der Waals surface area (Å²) >= 11 is 0. The third kappa shape index (κ3) is 4.40. The van der Waals surface area contributed by atoms with Crippen LogP contribution >= 0.6 is 0 Å². The van der Waals surface area contributed by atoms with Gasteiger partial charge in [0.1, 0.15) is 12.4 Å². The van der Waals surface area contributed by atoms with Crippen LogP contribution in [0.15, 0.2) is 59.2 Å². The summed E-state index contributed by atoms with van der Waals surface area (Å²) in [5, 5.41) is 2.75. The molecular weight excluding hydrogens is 358 g/mol. The maximum atomic E-state index is 12.5. The van der Waals surface area contributed by atoms with Crippen LogP contribution in [0.3, 0.4) is 0 Å². The summed E-state index contributed by atoms with van der Waals surface area (Å²) in [6, 6.07) is 13.9. The molecule has 2 aromatic carbocycles. The molecule has 6 heteroatoms. The fourth-order valence-electron chi connectivity index (χ4n) is 2.72. The van der Waals surface area contributed by atoms with Crippen LogP contribution in [-0.4, -0.2) is 19.0 Å². The van der Waals surface area contributed by atoms with Crippen molar-refractivity contribution in [2.45, 2.75) is 20.5 Å². The van der Waals surface area contributed by atoms with Gasteiger partial charge in [-0.25, -0.2) is 4.79 Å². The van der Waals surface area contributed by atoms with Crippen LogP contribution in [0.1, 0.15) is 37.6 Å². The largest absolute Gasteiger partial charge is 0.496 e. The molecule has 144 valence electrons. The third-order valence-electron chi connectivity index (χ3n) is 4.26. The van der Waals surface area contributed by atoms with Gasteiger partial charge in [-0.15, -0.1) is 0 Å². The fraction of sp³-hybridized carbons (Fsp3) is 0.182. The number of carbonyl (C=O) groups is 2. The van der Waals surface area contributed by atoms with Crippen LogP contribution in [0, 0.1) is 13.8 Å². The topological polar surface area (TPSA) is 77.8 Å². The molecule has 3 aromatic rings. The van der Waals surface area contributed by atoms with E-state index in [1.807, 2.05) is 32.0 Å². The van der Waals surface area contributed by atoms with E-state index in [9.17, 15) is 9.59 Å². The van der Waals surface area contributed by atoms with Gasteiger partial charge in [-0.05, 0) is 55.8 Å². The number of rotatable bonds is 6. The Labute approximate surface area is 163 Å². The monoisotopic (exact) mass is 379 g/mol. The van der Waals surface area contributed by atoms with Gasteiger partial charge in [0.05, 0.1) is 18.9 Å². The fourth-order valence-corrected chi connectivity index (χ4v) is 2.72. The molecule has 1 N–H and O–H groups in total. The minimum atomic E-state index is -0.489. The van der Waals surface area contributed by atoms with Crippen molar-refractivity contribution in [3.05, 3.63) is 82.8 Å². The van der Waals surface area contributed by atoms with E-state index < -0.39 is 5.97 Å². The van der Waals surface area contributed by atoms with Gasteiger partial charge >= 0.3 is 5.97 Å². The first kappa shape index (κ1) is 19.2. The van der Waals surface area contributed by atoms with Crippen molar-refractivity contribution in [2.75, 3.05) is 12.4 Å². The second-order valence-electron chi connectivity index (χ2n) is 6.35. The highest BCUT2D eigenvalue weighted by Crippen LogP contribution is 2.22. The predicted octanol–water partition coefficient (Wildman–Crippen LogP) is 4.51. The molecule has 0 atom stereocenters. The first-order chi connectivity index (χ1) is 13.5. The lowest BCUT2D eigenvalue weighted by Crippen LogP contribution is -2.13. The van der Waals surface area contributed by atoms with Crippen molar-refractivity contribution in [1.82, 2.24) is 0 Å². The Morgan fingerprint density at radius 3 is 2.61 bits per heavy atom. The van der Waals surface area contributed by atoms with Crippen LogP contribution in [0.4, 0.5) is 5.69 Å². The number of amides is 1. The summed E-state index contributed by atoms with van der Waals surface area (Å²) in [6.45, 7) is 3.88. The van der Waals surface area contributed by atoms with Crippen molar-refractivity contribution in [3.8, 4) is 5.75 Å². The van der Waals surface area contributed by atoms with E-state index in [0.29, 0.717) is 17.0 Å². The molecule has 0 radical (unpaired) electrons. The highest BCUT2D eigenvalue weighted by molar-refractivity contribution is 6.03. The van der Waals surface area contributed by atoms with E-state index in [0.717, 1.165) is 16.7 Å². The van der Waals surface area contributed by atoms with Crippen LogP contribution in [0.2, 0.25) is 0 Å². The second kappa shape index (κ2) is 8.43. The Morgan fingerprint density at radius 1 is 1.07 bits per heavy atom. The summed E-state index contributed by atoms with van der Waals surface area (Å²) < 4.78 is 15.8. The number of ether oxygens (including phenoxy) is 2. The third-order valence-corrected chi connectivity index (χ3v) is 4.26. The molecule has 0 bridgehead atoms. The number of furan rings is 1. The van der Waals surface area contributed by atoms with Crippen LogP contribution in [0.5, 0.6) is 5.75 Å². The Morgan fingerprint density at radius 2 is 1.89 bits per heavy atom. The lowest BCUT2D eigenvalue weighted by atomic mass is 10.1. The lowest BCUT2D eigenvalue weighted by Gasteiger charge is -2.12. The first-order valence-corrected chi connectivity index (χ1v) is 8.74. The molecule has 0 aliphatic rings. The highest BCUT2D eigenvalue weighted by Gasteiger charge is 2.14. The molecule has 0 saturated heterocycles. The molecule has 6 nitrogen and oxygen atoms in total. The average molecular weight is 379 g/mol. The summed E-state index contributed by atoms with van der Waals surface area (Å²) in [5.41, 5.74) is 3.51. The molecule has 28 heavy (non-hydrogen) atoms. The summed E-state index contributed by atoms with van der Waals surface area (Å²) in [6.07, 6.45) is 1.43. The number of nitrogens with one attached hydrogen (secondary N) is 1. The van der Waals surface area contributed by atoms with Gasteiger partial charge in [0.25, 0.3) is 5.91 Å². The smallest absolute Gasteiger partial charge is 0.338 e. The maximum Gasteiger partial charge on any atom is 0.338 e. The molecule has 1 aromatic heterocycles. The minimum Gasteiger partial charge on any atom is -0.496 e.